The molecule has 0 spiro atoms. The van der Waals surface area contributed by atoms with Crippen molar-refractivity contribution < 1.29 is 15.0 Å². The van der Waals surface area contributed by atoms with E-state index in [-0.39, 0.29) is 12.6 Å². The van der Waals surface area contributed by atoms with E-state index >= 15 is 0 Å². The van der Waals surface area contributed by atoms with Crippen LogP contribution in [-0.2, 0) is 6.54 Å². The van der Waals surface area contributed by atoms with E-state index in [1.807, 2.05) is 18.2 Å². The molecule has 0 saturated carbocycles. The van der Waals surface area contributed by atoms with Crippen LogP contribution in [0, 0.1) is 0 Å². The third-order valence-corrected chi connectivity index (χ3v) is 4.01. The number of amides is 1. The van der Waals surface area contributed by atoms with Crippen molar-refractivity contribution in [2.75, 3.05) is 26.2 Å². The summed E-state index contributed by atoms with van der Waals surface area (Å²) in [7, 11) is 0. The smallest absolute Gasteiger partial charge is 0.407 e. The van der Waals surface area contributed by atoms with Gasteiger partial charge in [0.2, 0.25) is 0 Å². The van der Waals surface area contributed by atoms with E-state index in [0.29, 0.717) is 19.6 Å². The highest BCUT2D eigenvalue weighted by Gasteiger charge is 2.27. The van der Waals surface area contributed by atoms with Crippen LogP contribution in [0.3, 0.4) is 0 Å². The van der Waals surface area contributed by atoms with Crippen LogP contribution >= 0.6 is 0 Å². The van der Waals surface area contributed by atoms with Gasteiger partial charge < -0.3 is 15.1 Å². The molecule has 1 saturated heterocycles. The van der Waals surface area contributed by atoms with E-state index in [9.17, 15) is 15.0 Å². The van der Waals surface area contributed by atoms with Gasteiger partial charge in [0.05, 0.1) is 6.61 Å². The van der Waals surface area contributed by atoms with E-state index in [1.165, 1.54) is 5.56 Å². The van der Waals surface area contributed by atoms with E-state index < -0.39 is 6.09 Å². The molecule has 1 atom stereocenters. The largest absolute Gasteiger partial charge is 0.465 e. The van der Waals surface area contributed by atoms with Crippen molar-refractivity contribution >= 4 is 6.09 Å². The highest BCUT2D eigenvalue weighted by Crippen LogP contribution is 2.19. The zero-order valence-electron chi connectivity index (χ0n) is 12.3. The standard InChI is InChI=1S/C16H24N2O3/c19-11-10-17(12-14-6-2-1-3-7-14)13-15-8-4-5-9-18(15)16(20)21/h1-3,6-7,15,19H,4-5,8-13H2,(H,20,21). The molecule has 0 aliphatic carbocycles. The number of nitrogens with zero attached hydrogens (tertiary/aromatic N) is 2. The first-order chi connectivity index (χ1) is 10.2. The van der Waals surface area contributed by atoms with Crippen molar-refractivity contribution in [3.63, 3.8) is 0 Å². The molecule has 0 aromatic heterocycles. The van der Waals surface area contributed by atoms with E-state index in [2.05, 4.69) is 17.0 Å². The second-order valence-electron chi connectivity index (χ2n) is 5.57. The number of piperidine rings is 1. The quantitative estimate of drug-likeness (QED) is 0.842. The lowest BCUT2D eigenvalue weighted by atomic mass is 10.0. The molecule has 2 N–H and O–H groups in total. The van der Waals surface area contributed by atoms with E-state index in [1.54, 1.807) is 4.90 Å². The van der Waals surface area contributed by atoms with Crippen LogP contribution in [0.25, 0.3) is 0 Å². The zero-order chi connectivity index (χ0) is 15.1. The molecule has 5 nitrogen and oxygen atoms in total. The van der Waals surface area contributed by atoms with Gasteiger partial charge in [0.25, 0.3) is 0 Å². The van der Waals surface area contributed by atoms with Crippen LogP contribution < -0.4 is 0 Å². The van der Waals surface area contributed by atoms with Crippen molar-refractivity contribution in [2.24, 2.45) is 0 Å². The van der Waals surface area contributed by atoms with Crippen molar-refractivity contribution in [3.8, 4) is 0 Å². The van der Waals surface area contributed by atoms with Crippen LogP contribution in [0.15, 0.2) is 30.3 Å². The van der Waals surface area contributed by atoms with Gasteiger partial charge in [-0.15, -0.1) is 0 Å². The normalized spacial score (nSPS) is 19.0. The number of carbonyl (C=O) groups is 1. The summed E-state index contributed by atoms with van der Waals surface area (Å²) in [6.45, 7) is 2.71. The Bertz CT molecular complexity index is 438. The van der Waals surface area contributed by atoms with Crippen LogP contribution in [0.5, 0.6) is 0 Å². The summed E-state index contributed by atoms with van der Waals surface area (Å²) in [4.78, 5) is 15.0. The lowest BCUT2D eigenvalue weighted by Gasteiger charge is -2.37. The lowest BCUT2D eigenvalue weighted by Crippen LogP contribution is -2.49. The summed E-state index contributed by atoms with van der Waals surface area (Å²) in [6.07, 6.45) is 2.10. The number of aliphatic hydroxyl groups is 1. The van der Waals surface area contributed by atoms with E-state index in [0.717, 1.165) is 25.8 Å². The van der Waals surface area contributed by atoms with Gasteiger partial charge in [-0.25, -0.2) is 4.79 Å². The second-order valence-corrected chi connectivity index (χ2v) is 5.57. The average Bonchev–Trinajstić information content (AvgIpc) is 2.49. The van der Waals surface area contributed by atoms with Gasteiger partial charge in [0.15, 0.2) is 0 Å². The van der Waals surface area contributed by atoms with Crippen LogP contribution in [0.2, 0.25) is 0 Å². The third-order valence-electron chi connectivity index (χ3n) is 4.01. The summed E-state index contributed by atoms with van der Waals surface area (Å²) in [6, 6.07) is 10.1. The SMILES string of the molecule is O=C(O)N1CCCCC1CN(CCO)Cc1ccccc1. The number of rotatable bonds is 6. The van der Waals surface area contributed by atoms with Gasteiger partial charge >= 0.3 is 6.09 Å². The highest BCUT2D eigenvalue weighted by atomic mass is 16.4. The fourth-order valence-electron chi connectivity index (χ4n) is 2.96. The maximum atomic E-state index is 11.3. The Labute approximate surface area is 125 Å². The second kappa shape index (κ2) is 8.00. The first-order valence-electron chi connectivity index (χ1n) is 7.57. The summed E-state index contributed by atoms with van der Waals surface area (Å²) in [5.41, 5.74) is 1.18. The molecule has 1 aliphatic heterocycles. The Morgan fingerprint density at radius 3 is 2.71 bits per heavy atom. The van der Waals surface area contributed by atoms with Crippen molar-refractivity contribution in [1.82, 2.24) is 9.80 Å². The third kappa shape index (κ3) is 4.72. The Hall–Kier alpha value is -1.59. The molecule has 0 bridgehead atoms. The van der Waals surface area contributed by atoms with Crippen molar-refractivity contribution in [1.29, 1.82) is 0 Å². The molecule has 1 unspecified atom stereocenters. The van der Waals surface area contributed by atoms with Gasteiger partial charge in [0, 0.05) is 32.2 Å². The maximum absolute atomic E-state index is 11.3. The summed E-state index contributed by atoms with van der Waals surface area (Å²) >= 11 is 0. The van der Waals surface area contributed by atoms with Gasteiger partial charge in [-0.2, -0.15) is 0 Å². The molecule has 0 radical (unpaired) electrons. The summed E-state index contributed by atoms with van der Waals surface area (Å²) in [5, 5.41) is 18.5. The maximum Gasteiger partial charge on any atom is 0.407 e. The minimum absolute atomic E-state index is 0.0338. The molecule has 1 fully saturated rings. The van der Waals surface area contributed by atoms with Crippen molar-refractivity contribution in [3.05, 3.63) is 35.9 Å². The predicted octanol–water partition coefficient (Wildman–Crippen LogP) is 2.01. The average molecular weight is 292 g/mol. The predicted molar refractivity (Wildman–Crippen MR) is 81.2 cm³/mol. The molecular formula is C16H24N2O3. The Kier molecular flexibility index (Phi) is 6.02. The van der Waals surface area contributed by atoms with Crippen LogP contribution in [0.1, 0.15) is 24.8 Å². The van der Waals surface area contributed by atoms with E-state index in [4.69, 9.17) is 0 Å². The molecular weight excluding hydrogens is 268 g/mol. The van der Waals surface area contributed by atoms with Gasteiger partial charge in [-0.1, -0.05) is 30.3 Å². The molecule has 1 aromatic carbocycles. The lowest BCUT2D eigenvalue weighted by molar-refractivity contribution is 0.0800. The highest BCUT2D eigenvalue weighted by molar-refractivity contribution is 5.65. The molecule has 1 aromatic rings. The molecule has 21 heavy (non-hydrogen) atoms. The Morgan fingerprint density at radius 1 is 1.29 bits per heavy atom. The fourth-order valence-corrected chi connectivity index (χ4v) is 2.96. The minimum atomic E-state index is -0.830. The Balaban J connectivity index is 1.99. The van der Waals surface area contributed by atoms with Gasteiger partial charge in [-0.3, -0.25) is 4.90 Å². The zero-order valence-corrected chi connectivity index (χ0v) is 12.3. The molecule has 1 amide bonds. The van der Waals surface area contributed by atoms with Crippen molar-refractivity contribution in [2.45, 2.75) is 31.8 Å². The van der Waals surface area contributed by atoms with Gasteiger partial charge in [0.1, 0.15) is 0 Å². The molecule has 2 rings (SSSR count). The number of carboxylic acid groups (broad SMARTS) is 1. The molecule has 5 heteroatoms. The number of hydrogen-bond donors (Lipinski definition) is 2. The summed E-state index contributed by atoms with van der Waals surface area (Å²) in [5.74, 6) is 0. The molecule has 116 valence electrons. The number of hydrogen-bond acceptors (Lipinski definition) is 3. The monoisotopic (exact) mass is 292 g/mol. The number of benzene rings is 1. The first-order valence-corrected chi connectivity index (χ1v) is 7.57. The molecule has 1 heterocycles. The Morgan fingerprint density at radius 2 is 2.05 bits per heavy atom. The number of likely N-dealkylation sites (tertiary alicyclic amines) is 1. The minimum Gasteiger partial charge on any atom is -0.465 e. The van der Waals surface area contributed by atoms with Crippen LogP contribution in [0.4, 0.5) is 4.79 Å². The first kappa shape index (κ1) is 15.8. The molecule has 1 aliphatic rings. The fraction of sp³-hybridized carbons (Fsp3) is 0.562. The topological polar surface area (TPSA) is 64.0 Å². The van der Waals surface area contributed by atoms with Gasteiger partial charge in [-0.05, 0) is 24.8 Å². The van der Waals surface area contributed by atoms with Crippen LogP contribution in [-0.4, -0.2) is 58.4 Å². The summed E-state index contributed by atoms with van der Waals surface area (Å²) < 4.78 is 0. The number of aliphatic hydroxyl groups excluding tert-OH is 1.